The van der Waals surface area contributed by atoms with E-state index in [1.807, 2.05) is 52.0 Å². The van der Waals surface area contributed by atoms with Crippen LogP contribution in [0.4, 0.5) is 10.5 Å². The van der Waals surface area contributed by atoms with Crippen LogP contribution in [0.1, 0.15) is 62.8 Å². The van der Waals surface area contributed by atoms with Crippen LogP contribution in [0, 0.1) is 6.92 Å². The SMILES string of the molecule is Cc1c(OCc2ccc(C(C)C)c(O)c2)ccc2c1CCN2C(=O)OC(C)(C)C. The van der Waals surface area contributed by atoms with Crippen LogP contribution in [0.3, 0.4) is 0 Å². The van der Waals surface area contributed by atoms with Gasteiger partial charge in [0.2, 0.25) is 0 Å². The summed E-state index contributed by atoms with van der Waals surface area (Å²) in [5.41, 5.74) is 4.38. The number of phenolic OH excluding ortho intramolecular Hbond substituents is 1. The molecule has 3 rings (SSSR count). The van der Waals surface area contributed by atoms with Crippen molar-refractivity contribution in [2.75, 3.05) is 11.4 Å². The number of rotatable bonds is 4. The predicted molar refractivity (Wildman–Crippen MR) is 115 cm³/mol. The molecule has 29 heavy (non-hydrogen) atoms. The number of benzene rings is 2. The molecule has 5 heteroatoms. The predicted octanol–water partition coefficient (Wildman–Crippen LogP) is 5.70. The molecule has 0 unspecified atom stereocenters. The standard InChI is InChI=1S/C24H31NO4/c1-15(2)18-8-7-17(13-21(18)26)14-28-22-10-9-20-19(16(22)3)11-12-25(20)23(27)29-24(4,5)6/h7-10,13,15,26H,11-12,14H2,1-6H3. The van der Waals surface area contributed by atoms with Crippen molar-refractivity contribution in [1.82, 2.24) is 0 Å². The van der Waals surface area contributed by atoms with E-state index in [9.17, 15) is 9.90 Å². The zero-order chi connectivity index (χ0) is 21.3. The number of phenols is 1. The van der Waals surface area contributed by atoms with E-state index in [4.69, 9.17) is 9.47 Å². The molecule has 0 radical (unpaired) electrons. The first kappa shape index (κ1) is 21.0. The van der Waals surface area contributed by atoms with E-state index in [1.165, 1.54) is 0 Å². The van der Waals surface area contributed by atoms with E-state index in [2.05, 4.69) is 13.8 Å². The Kier molecular flexibility index (Phi) is 5.78. The lowest BCUT2D eigenvalue weighted by molar-refractivity contribution is 0.0584. The Morgan fingerprint density at radius 1 is 1.21 bits per heavy atom. The van der Waals surface area contributed by atoms with Gasteiger partial charge in [0.05, 0.1) is 5.69 Å². The van der Waals surface area contributed by atoms with Gasteiger partial charge >= 0.3 is 6.09 Å². The van der Waals surface area contributed by atoms with Crippen LogP contribution in [0.5, 0.6) is 11.5 Å². The van der Waals surface area contributed by atoms with Crippen molar-refractivity contribution in [3.05, 3.63) is 52.6 Å². The van der Waals surface area contributed by atoms with Crippen molar-refractivity contribution in [1.29, 1.82) is 0 Å². The molecule has 0 aliphatic carbocycles. The van der Waals surface area contributed by atoms with E-state index in [0.717, 1.165) is 40.1 Å². The first-order valence-electron chi connectivity index (χ1n) is 10.1. The Bertz CT molecular complexity index is 912. The number of carbonyl (C=O) groups is 1. The summed E-state index contributed by atoms with van der Waals surface area (Å²) in [5, 5.41) is 10.2. The van der Waals surface area contributed by atoms with Crippen LogP contribution in [-0.2, 0) is 17.8 Å². The Labute approximate surface area is 173 Å². The van der Waals surface area contributed by atoms with Gasteiger partial charge in [-0.05, 0) is 80.5 Å². The highest BCUT2D eigenvalue weighted by Crippen LogP contribution is 2.36. The van der Waals surface area contributed by atoms with E-state index in [-0.39, 0.29) is 12.0 Å². The Morgan fingerprint density at radius 3 is 2.55 bits per heavy atom. The third-order valence-electron chi connectivity index (χ3n) is 5.13. The second-order valence-corrected chi connectivity index (χ2v) is 8.90. The molecule has 156 valence electrons. The summed E-state index contributed by atoms with van der Waals surface area (Å²) in [5.74, 6) is 1.37. The topological polar surface area (TPSA) is 59.0 Å². The first-order chi connectivity index (χ1) is 13.6. The number of aromatic hydroxyl groups is 1. The third-order valence-corrected chi connectivity index (χ3v) is 5.13. The first-order valence-corrected chi connectivity index (χ1v) is 10.1. The number of anilines is 1. The normalized spacial score (nSPS) is 13.6. The van der Waals surface area contributed by atoms with Gasteiger partial charge in [0, 0.05) is 6.54 Å². The van der Waals surface area contributed by atoms with Crippen molar-refractivity contribution in [3.63, 3.8) is 0 Å². The highest BCUT2D eigenvalue weighted by Gasteiger charge is 2.30. The van der Waals surface area contributed by atoms with E-state index < -0.39 is 5.60 Å². The fraction of sp³-hybridized carbons (Fsp3) is 0.458. The van der Waals surface area contributed by atoms with Crippen molar-refractivity contribution < 1.29 is 19.4 Å². The summed E-state index contributed by atoms with van der Waals surface area (Å²) in [4.78, 5) is 14.2. The molecule has 0 aromatic heterocycles. The van der Waals surface area contributed by atoms with E-state index in [1.54, 1.807) is 11.0 Å². The average Bonchev–Trinajstić information content (AvgIpc) is 3.04. The van der Waals surface area contributed by atoms with Gasteiger partial charge in [-0.2, -0.15) is 0 Å². The number of nitrogens with zero attached hydrogens (tertiary/aromatic N) is 1. The molecule has 0 saturated heterocycles. The smallest absolute Gasteiger partial charge is 0.414 e. The third kappa shape index (κ3) is 4.66. The molecule has 0 spiro atoms. The summed E-state index contributed by atoms with van der Waals surface area (Å²) in [6.07, 6.45) is 0.464. The fourth-order valence-electron chi connectivity index (χ4n) is 3.62. The highest BCUT2D eigenvalue weighted by molar-refractivity contribution is 5.91. The van der Waals surface area contributed by atoms with Gasteiger partial charge in [-0.25, -0.2) is 4.79 Å². The molecule has 0 fully saturated rings. The maximum atomic E-state index is 12.5. The second kappa shape index (κ2) is 7.97. The maximum Gasteiger partial charge on any atom is 0.414 e. The minimum absolute atomic E-state index is 0.275. The van der Waals surface area contributed by atoms with Gasteiger partial charge in [0.1, 0.15) is 23.7 Å². The Balaban J connectivity index is 1.74. The molecule has 1 amide bonds. The van der Waals surface area contributed by atoms with Crippen LogP contribution in [0.25, 0.3) is 0 Å². The lowest BCUT2D eigenvalue weighted by atomic mass is 10.0. The average molecular weight is 398 g/mol. The molecule has 1 N–H and O–H groups in total. The Hall–Kier alpha value is -2.69. The van der Waals surface area contributed by atoms with Crippen molar-refractivity contribution >= 4 is 11.8 Å². The molecule has 0 saturated carbocycles. The number of hydrogen-bond donors (Lipinski definition) is 1. The molecule has 1 aliphatic heterocycles. The Morgan fingerprint density at radius 2 is 1.93 bits per heavy atom. The lowest BCUT2D eigenvalue weighted by Gasteiger charge is -2.25. The maximum absolute atomic E-state index is 12.5. The molecule has 1 aliphatic rings. The summed E-state index contributed by atoms with van der Waals surface area (Å²) in [7, 11) is 0. The minimum Gasteiger partial charge on any atom is -0.508 e. The van der Waals surface area contributed by atoms with Gasteiger partial charge in [-0.3, -0.25) is 4.90 Å². The molecular formula is C24H31NO4. The van der Waals surface area contributed by atoms with E-state index in [0.29, 0.717) is 18.9 Å². The molecule has 0 atom stereocenters. The van der Waals surface area contributed by atoms with Crippen molar-refractivity contribution in [3.8, 4) is 11.5 Å². The second-order valence-electron chi connectivity index (χ2n) is 8.90. The van der Waals surface area contributed by atoms with Crippen LogP contribution >= 0.6 is 0 Å². The molecule has 0 bridgehead atoms. The minimum atomic E-state index is -0.519. The molecule has 1 heterocycles. The van der Waals surface area contributed by atoms with Crippen LogP contribution in [0.15, 0.2) is 30.3 Å². The molecular weight excluding hydrogens is 366 g/mol. The van der Waals surface area contributed by atoms with E-state index >= 15 is 0 Å². The highest BCUT2D eigenvalue weighted by atomic mass is 16.6. The number of fused-ring (bicyclic) bond motifs is 1. The monoisotopic (exact) mass is 397 g/mol. The summed E-state index contributed by atoms with van der Waals surface area (Å²) in [6, 6.07) is 9.53. The van der Waals surface area contributed by atoms with Crippen LogP contribution in [-0.4, -0.2) is 23.3 Å². The fourth-order valence-corrected chi connectivity index (χ4v) is 3.62. The molecule has 2 aromatic rings. The quantitative estimate of drug-likeness (QED) is 0.719. The van der Waals surface area contributed by atoms with Gasteiger partial charge in [0.25, 0.3) is 0 Å². The van der Waals surface area contributed by atoms with Gasteiger partial charge in [-0.15, -0.1) is 0 Å². The zero-order valence-corrected chi connectivity index (χ0v) is 18.2. The van der Waals surface area contributed by atoms with Crippen LogP contribution in [0.2, 0.25) is 0 Å². The van der Waals surface area contributed by atoms with Crippen molar-refractivity contribution in [2.45, 2.75) is 66.1 Å². The number of amides is 1. The van der Waals surface area contributed by atoms with Gasteiger partial charge in [0.15, 0.2) is 0 Å². The summed E-state index contributed by atoms with van der Waals surface area (Å²) in [6.45, 7) is 12.7. The number of carbonyl (C=O) groups excluding carboxylic acids is 1. The largest absolute Gasteiger partial charge is 0.508 e. The van der Waals surface area contributed by atoms with Gasteiger partial charge in [-0.1, -0.05) is 26.0 Å². The number of ether oxygens (including phenoxy) is 2. The lowest BCUT2D eigenvalue weighted by Crippen LogP contribution is -2.35. The van der Waals surface area contributed by atoms with Crippen LogP contribution < -0.4 is 9.64 Å². The molecule has 2 aromatic carbocycles. The summed E-state index contributed by atoms with van der Waals surface area (Å²) >= 11 is 0. The molecule has 5 nitrogen and oxygen atoms in total. The van der Waals surface area contributed by atoms with Crippen molar-refractivity contribution in [2.24, 2.45) is 0 Å². The summed E-state index contributed by atoms with van der Waals surface area (Å²) < 4.78 is 11.6. The number of hydrogen-bond acceptors (Lipinski definition) is 4. The zero-order valence-electron chi connectivity index (χ0n) is 18.2. The van der Waals surface area contributed by atoms with Gasteiger partial charge < -0.3 is 14.6 Å².